The lowest BCUT2D eigenvalue weighted by Gasteiger charge is -2.12. The Balaban J connectivity index is 1.46. The third-order valence-corrected chi connectivity index (χ3v) is 5.55. The Morgan fingerprint density at radius 3 is 2.39 bits per heavy atom. The van der Waals surface area contributed by atoms with Crippen LogP contribution in [0.15, 0.2) is 78.9 Å². The van der Waals surface area contributed by atoms with Crippen LogP contribution in [0, 0.1) is 0 Å². The van der Waals surface area contributed by atoms with Crippen LogP contribution in [-0.2, 0) is 12.8 Å². The number of nitrogens with zero attached hydrogens (tertiary/aromatic N) is 4. The molecule has 2 heterocycles. The summed E-state index contributed by atoms with van der Waals surface area (Å²) in [6, 6.07) is 27.5. The van der Waals surface area contributed by atoms with Crippen molar-refractivity contribution in [3.8, 4) is 22.5 Å². The largest absolute Gasteiger partial charge is 0.253 e. The molecule has 2 aromatic heterocycles. The van der Waals surface area contributed by atoms with Crippen molar-refractivity contribution >= 4 is 10.9 Å². The zero-order valence-corrected chi connectivity index (χ0v) is 17.4. The molecule has 0 bridgehead atoms. The summed E-state index contributed by atoms with van der Waals surface area (Å²) in [5, 5.41) is 15.7. The molecule has 5 nitrogen and oxygen atoms in total. The number of hydrogen-bond donors (Lipinski definition) is 1. The van der Waals surface area contributed by atoms with Crippen molar-refractivity contribution in [1.82, 2.24) is 25.6 Å². The molecule has 0 aliphatic carbocycles. The third-order valence-electron chi connectivity index (χ3n) is 5.55. The van der Waals surface area contributed by atoms with E-state index in [4.69, 9.17) is 4.98 Å². The van der Waals surface area contributed by atoms with Crippen molar-refractivity contribution in [3.63, 3.8) is 0 Å². The lowest BCUT2D eigenvalue weighted by atomic mass is 9.95. The quantitative estimate of drug-likeness (QED) is 0.398. The molecule has 0 saturated carbocycles. The summed E-state index contributed by atoms with van der Waals surface area (Å²) in [7, 11) is 0. The van der Waals surface area contributed by atoms with Crippen LogP contribution in [0.5, 0.6) is 0 Å². The van der Waals surface area contributed by atoms with Gasteiger partial charge in [-0.25, -0.2) is 0 Å². The van der Waals surface area contributed by atoms with Crippen LogP contribution in [0.4, 0.5) is 0 Å². The fraction of sp³-hybridized carbons (Fsp3) is 0.154. The molecule has 3 aromatic carbocycles. The SMILES string of the molecule is CCCc1nc2ccccc2cc1Cc1ccc(-c2ccccc2-c2nn[nH]n2)cc1. The number of fused-ring (bicyclic) bond motifs is 1. The van der Waals surface area contributed by atoms with Crippen LogP contribution in [0.1, 0.15) is 30.2 Å². The molecule has 0 aliphatic heterocycles. The van der Waals surface area contributed by atoms with Crippen molar-refractivity contribution in [1.29, 1.82) is 0 Å². The number of rotatable bonds is 6. The fourth-order valence-corrected chi connectivity index (χ4v) is 4.03. The predicted molar refractivity (Wildman–Crippen MR) is 124 cm³/mol. The highest BCUT2D eigenvalue weighted by Crippen LogP contribution is 2.30. The molecule has 5 aromatic rings. The van der Waals surface area contributed by atoms with Gasteiger partial charge in [-0.1, -0.05) is 80.1 Å². The summed E-state index contributed by atoms with van der Waals surface area (Å²) in [5.41, 5.74) is 8.04. The van der Waals surface area contributed by atoms with Crippen LogP contribution < -0.4 is 0 Å². The summed E-state index contributed by atoms with van der Waals surface area (Å²) in [4.78, 5) is 4.94. The third kappa shape index (κ3) is 3.94. The van der Waals surface area contributed by atoms with Crippen LogP contribution in [0.25, 0.3) is 33.4 Å². The van der Waals surface area contributed by atoms with Gasteiger partial charge in [0.05, 0.1) is 5.52 Å². The second-order valence-electron chi connectivity index (χ2n) is 7.69. The second-order valence-corrected chi connectivity index (χ2v) is 7.69. The average Bonchev–Trinajstić information content (AvgIpc) is 3.35. The standard InChI is InChI=1S/C26H23N5/c1-2-7-24-21(17-20-8-3-6-11-25(20)27-24)16-18-12-14-19(15-13-18)22-9-4-5-10-23(22)26-28-30-31-29-26/h3-6,8-15,17H,2,7,16H2,1H3,(H,28,29,30,31). The zero-order chi connectivity index (χ0) is 21.0. The highest BCUT2D eigenvalue weighted by atomic mass is 15.5. The first-order valence-electron chi connectivity index (χ1n) is 10.6. The number of tetrazole rings is 1. The molecule has 0 atom stereocenters. The van der Waals surface area contributed by atoms with Gasteiger partial charge in [0.25, 0.3) is 0 Å². The number of benzene rings is 3. The van der Waals surface area contributed by atoms with Crippen LogP contribution in [-0.4, -0.2) is 25.6 Å². The summed E-state index contributed by atoms with van der Waals surface area (Å²) in [6.07, 6.45) is 2.96. The minimum Gasteiger partial charge on any atom is -0.253 e. The Bertz CT molecular complexity index is 1310. The Morgan fingerprint density at radius 1 is 0.839 bits per heavy atom. The van der Waals surface area contributed by atoms with Gasteiger partial charge >= 0.3 is 0 Å². The molecule has 0 aliphatic rings. The Morgan fingerprint density at radius 2 is 1.61 bits per heavy atom. The van der Waals surface area contributed by atoms with E-state index in [1.165, 1.54) is 22.2 Å². The van der Waals surface area contributed by atoms with Crippen LogP contribution in [0.2, 0.25) is 0 Å². The Labute approximate surface area is 181 Å². The van der Waals surface area contributed by atoms with Gasteiger partial charge in [-0.15, -0.1) is 10.2 Å². The minimum atomic E-state index is 0.603. The molecule has 152 valence electrons. The van der Waals surface area contributed by atoms with E-state index in [0.29, 0.717) is 5.82 Å². The summed E-state index contributed by atoms with van der Waals surface area (Å²) >= 11 is 0. The van der Waals surface area contributed by atoms with Crippen molar-refractivity contribution in [2.24, 2.45) is 0 Å². The lowest BCUT2D eigenvalue weighted by Crippen LogP contribution is -2.00. The predicted octanol–water partition coefficient (Wildman–Crippen LogP) is 5.63. The number of H-pyrrole nitrogens is 1. The molecule has 5 rings (SSSR count). The Hall–Kier alpha value is -3.86. The molecule has 0 saturated heterocycles. The molecule has 5 heteroatoms. The van der Waals surface area contributed by atoms with Crippen LogP contribution >= 0.6 is 0 Å². The highest BCUT2D eigenvalue weighted by molar-refractivity contribution is 5.81. The molecule has 1 N–H and O–H groups in total. The first-order valence-corrected chi connectivity index (χ1v) is 10.6. The monoisotopic (exact) mass is 405 g/mol. The summed E-state index contributed by atoms with van der Waals surface area (Å²) < 4.78 is 0. The van der Waals surface area contributed by atoms with Gasteiger partial charge < -0.3 is 0 Å². The summed E-state index contributed by atoms with van der Waals surface area (Å²) in [5.74, 6) is 0.603. The van der Waals surface area contributed by atoms with E-state index in [1.807, 2.05) is 18.2 Å². The van der Waals surface area contributed by atoms with Crippen molar-refractivity contribution in [3.05, 3.63) is 95.7 Å². The van der Waals surface area contributed by atoms with Crippen molar-refractivity contribution in [2.75, 3.05) is 0 Å². The molecule has 0 fully saturated rings. The maximum atomic E-state index is 4.94. The van der Waals surface area contributed by atoms with E-state index < -0.39 is 0 Å². The lowest BCUT2D eigenvalue weighted by molar-refractivity contribution is 0.870. The van der Waals surface area contributed by atoms with Crippen LogP contribution in [0.3, 0.4) is 0 Å². The maximum Gasteiger partial charge on any atom is 0.205 e. The average molecular weight is 406 g/mol. The number of aryl methyl sites for hydroxylation is 1. The fourth-order valence-electron chi connectivity index (χ4n) is 4.03. The first kappa shape index (κ1) is 19.1. The molecular weight excluding hydrogens is 382 g/mol. The van der Waals surface area contributed by atoms with E-state index in [0.717, 1.165) is 41.5 Å². The van der Waals surface area contributed by atoms with Gasteiger partial charge in [0.15, 0.2) is 0 Å². The molecule has 0 spiro atoms. The number of pyridine rings is 1. The van der Waals surface area contributed by atoms with Gasteiger partial charge in [-0.2, -0.15) is 5.21 Å². The van der Waals surface area contributed by atoms with Gasteiger partial charge in [-0.3, -0.25) is 4.98 Å². The number of hydrogen-bond acceptors (Lipinski definition) is 4. The van der Waals surface area contributed by atoms with E-state index in [2.05, 4.69) is 88.2 Å². The molecule has 0 amide bonds. The highest BCUT2D eigenvalue weighted by Gasteiger charge is 2.11. The van der Waals surface area contributed by atoms with Gasteiger partial charge in [0.2, 0.25) is 5.82 Å². The van der Waals surface area contributed by atoms with E-state index in [1.54, 1.807) is 0 Å². The molecule has 0 radical (unpaired) electrons. The zero-order valence-electron chi connectivity index (χ0n) is 17.4. The first-order chi connectivity index (χ1) is 15.3. The molecule has 31 heavy (non-hydrogen) atoms. The van der Waals surface area contributed by atoms with Gasteiger partial charge in [0, 0.05) is 16.6 Å². The molecular formula is C26H23N5. The van der Waals surface area contributed by atoms with E-state index in [-0.39, 0.29) is 0 Å². The maximum absolute atomic E-state index is 4.94. The summed E-state index contributed by atoms with van der Waals surface area (Å²) in [6.45, 7) is 2.20. The molecule has 0 unspecified atom stereocenters. The minimum absolute atomic E-state index is 0.603. The topological polar surface area (TPSA) is 67.3 Å². The number of para-hydroxylation sites is 1. The second kappa shape index (κ2) is 8.48. The smallest absolute Gasteiger partial charge is 0.205 e. The van der Waals surface area contributed by atoms with Gasteiger partial charge in [0.1, 0.15) is 0 Å². The van der Waals surface area contributed by atoms with Crippen molar-refractivity contribution < 1.29 is 0 Å². The number of nitrogens with one attached hydrogen (secondary N) is 1. The number of aromatic nitrogens is 5. The number of aromatic amines is 1. The normalized spacial score (nSPS) is 11.1. The van der Waals surface area contributed by atoms with E-state index in [9.17, 15) is 0 Å². The van der Waals surface area contributed by atoms with Crippen molar-refractivity contribution in [2.45, 2.75) is 26.2 Å². The van der Waals surface area contributed by atoms with E-state index >= 15 is 0 Å². The van der Waals surface area contributed by atoms with Gasteiger partial charge in [-0.05, 0) is 52.4 Å². The Kier molecular flexibility index (Phi) is 5.23.